The Morgan fingerprint density at radius 2 is 2.00 bits per heavy atom. The Kier molecular flexibility index (Phi) is 2.92. The van der Waals surface area contributed by atoms with Gasteiger partial charge in [0.25, 0.3) is 0 Å². The molecule has 0 aromatic heterocycles. The Bertz CT molecular complexity index is 146. The number of ether oxygens (including phenoxy) is 1. The third kappa shape index (κ3) is 3.31. The molecule has 0 aromatic carbocycles. The Morgan fingerprint density at radius 1 is 1.56 bits per heavy atom. The van der Waals surface area contributed by atoms with Crippen LogP contribution in [-0.4, -0.2) is 25.6 Å². The molecule has 0 aliphatic rings. The van der Waals surface area contributed by atoms with Crippen LogP contribution in [-0.2, 0) is 9.30 Å². The summed E-state index contributed by atoms with van der Waals surface area (Å²) in [5, 5.41) is 0. The minimum atomic E-state index is -2.63. The van der Waals surface area contributed by atoms with E-state index in [0.717, 1.165) is 0 Å². The summed E-state index contributed by atoms with van der Waals surface area (Å²) in [5.74, 6) is 0. The van der Waals surface area contributed by atoms with E-state index in [9.17, 15) is 9.36 Å². The quantitative estimate of drug-likeness (QED) is 0.563. The maximum absolute atomic E-state index is 10.8. The lowest BCUT2D eigenvalue weighted by atomic mass is 10.9. The highest BCUT2D eigenvalue weighted by atomic mass is 31.2. The SMILES string of the molecule is CCOC(=O)P(C)(C)=O. The molecular weight excluding hydrogens is 139 g/mol. The van der Waals surface area contributed by atoms with Crippen molar-refractivity contribution in [2.45, 2.75) is 6.92 Å². The Labute approximate surface area is 54.8 Å². The van der Waals surface area contributed by atoms with E-state index in [1.165, 1.54) is 13.3 Å². The maximum Gasteiger partial charge on any atom is 0.363 e. The van der Waals surface area contributed by atoms with Gasteiger partial charge < -0.3 is 9.30 Å². The molecule has 0 aromatic rings. The van der Waals surface area contributed by atoms with E-state index in [2.05, 4.69) is 4.74 Å². The third-order valence-corrected chi connectivity index (χ3v) is 1.72. The first-order valence-corrected chi connectivity index (χ1v) is 5.31. The van der Waals surface area contributed by atoms with Crippen LogP contribution in [0.25, 0.3) is 0 Å². The molecule has 0 fully saturated rings. The van der Waals surface area contributed by atoms with Gasteiger partial charge in [-0.15, -0.1) is 0 Å². The molecule has 0 aliphatic heterocycles. The topological polar surface area (TPSA) is 43.4 Å². The van der Waals surface area contributed by atoms with Gasteiger partial charge in [-0.2, -0.15) is 0 Å². The minimum absolute atomic E-state index is 0.296. The van der Waals surface area contributed by atoms with Gasteiger partial charge in [0.05, 0.1) is 6.61 Å². The minimum Gasteiger partial charge on any atom is -0.461 e. The van der Waals surface area contributed by atoms with Crippen molar-refractivity contribution >= 4 is 12.9 Å². The Balaban J connectivity index is 3.90. The van der Waals surface area contributed by atoms with Crippen molar-refractivity contribution in [1.29, 1.82) is 0 Å². The molecule has 0 bridgehead atoms. The van der Waals surface area contributed by atoms with Crippen molar-refractivity contribution in [2.24, 2.45) is 0 Å². The monoisotopic (exact) mass is 150 g/mol. The van der Waals surface area contributed by atoms with Crippen LogP contribution in [0, 0.1) is 0 Å². The number of hydrogen-bond donors (Lipinski definition) is 0. The van der Waals surface area contributed by atoms with E-state index in [1.807, 2.05) is 0 Å². The third-order valence-electron chi connectivity index (χ3n) is 0.707. The van der Waals surface area contributed by atoms with Gasteiger partial charge in [0.2, 0.25) is 0 Å². The highest BCUT2D eigenvalue weighted by Crippen LogP contribution is 2.37. The van der Waals surface area contributed by atoms with Crippen molar-refractivity contribution < 1.29 is 14.1 Å². The molecule has 0 amide bonds. The van der Waals surface area contributed by atoms with E-state index in [1.54, 1.807) is 6.92 Å². The average Bonchev–Trinajstić information content (AvgIpc) is 1.64. The molecule has 0 aliphatic carbocycles. The first-order valence-electron chi connectivity index (χ1n) is 2.70. The largest absolute Gasteiger partial charge is 0.461 e. The maximum atomic E-state index is 10.8. The van der Waals surface area contributed by atoms with Crippen molar-refractivity contribution in [3.05, 3.63) is 0 Å². The molecule has 0 saturated carbocycles. The molecule has 0 N–H and O–H groups in total. The van der Waals surface area contributed by atoms with Crippen LogP contribution in [0.1, 0.15) is 6.92 Å². The molecule has 54 valence electrons. The van der Waals surface area contributed by atoms with Crippen LogP contribution in [0.15, 0.2) is 0 Å². The smallest absolute Gasteiger partial charge is 0.363 e. The molecule has 0 radical (unpaired) electrons. The first kappa shape index (κ1) is 8.70. The highest BCUT2D eigenvalue weighted by Gasteiger charge is 2.19. The molecule has 0 spiro atoms. The van der Waals surface area contributed by atoms with Crippen LogP contribution in [0.2, 0.25) is 0 Å². The van der Waals surface area contributed by atoms with Gasteiger partial charge in [-0.25, -0.2) is 4.79 Å². The summed E-state index contributed by atoms with van der Waals surface area (Å²) >= 11 is 0. The van der Waals surface area contributed by atoms with Crippen molar-refractivity contribution in [3.63, 3.8) is 0 Å². The van der Waals surface area contributed by atoms with E-state index < -0.39 is 12.9 Å². The van der Waals surface area contributed by atoms with Gasteiger partial charge in [-0.3, -0.25) is 0 Å². The molecule has 0 saturated heterocycles. The summed E-state index contributed by atoms with van der Waals surface area (Å²) in [4.78, 5) is 10.6. The summed E-state index contributed by atoms with van der Waals surface area (Å²) in [7, 11) is -2.63. The van der Waals surface area contributed by atoms with Crippen molar-refractivity contribution in [1.82, 2.24) is 0 Å². The molecule has 0 unspecified atom stereocenters. The second kappa shape index (κ2) is 3.02. The van der Waals surface area contributed by atoms with E-state index in [-0.39, 0.29) is 0 Å². The first-order chi connectivity index (χ1) is 3.98. The van der Waals surface area contributed by atoms with Gasteiger partial charge in [-0.1, -0.05) is 0 Å². The van der Waals surface area contributed by atoms with Crippen LogP contribution in [0.3, 0.4) is 0 Å². The number of carbonyl (C=O) groups excluding carboxylic acids is 1. The number of rotatable bonds is 2. The number of hydrogen-bond acceptors (Lipinski definition) is 3. The fourth-order valence-electron chi connectivity index (χ4n) is 0.279. The summed E-state index contributed by atoms with van der Waals surface area (Å²) in [6.45, 7) is 4.77. The lowest BCUT2D eigenvalue weighted by Gasteiger charge is -2.03. The molecular formula is C5H11O3P. The molecule has 0 atom stereocenters. The van der Waals surface area contributed by atoms with Crippen LogP contribution < -0.4 is 0 Å². The predicted octanol–water partition coefficient (Wildman–Crippen LogP) is 1.77. The highest BCUT2D eigenvalue weighted by molar-refractivity contribution is 7.78. The second-order valence-electron chi connectivity index (χ2n) is 2.05. The lowest BCUT2D eigenvalue weighted by Crippen LogP contribution is -2.00. The van der Waals surface area contributed by atoms with E-state index in [4.69, 9.17) is 0 Å². The molecule has 9 heavy (non-hydrogen) atoms. The van der Waals surface area contributed by atoms with Gasteiger partial charge in [0, 0.05) is 0 Å². The van der Waals surface area contributed by atoms with Crippen LogP contribution in [0.5, 0.6) is 0 Å². The fraction of sp³-hybridized carbons (Fsp3) is 0.800. The van der Waals surface area contributed by atoms with Gasteiger partial charge >= 0.3 is 5.71 Å². The van der Waals surface area contributed by atoms with Crippen LogP contribution in [0.4, 0.5) is 4.79 Å². The predicted molar refractivity (Wildman–Crippen MR) is 36.5 cm³/mol. The van der Waals surface area contributed by atoms with Gasteiger partial charge in [0.1, 0.15) is 0 Å². The normalized spacial score (nSPS) is 11.0. The Hall–Kier alpha value is -0.300. The summed E-state index contributed by atoms with van der Waals surface area (Å²) in [6.07, 6.45) is 0. The van der Waals surface area contributed by atoms with Crippen molar-refractivity contribution in [2.75, 3.05) is 19.9 Å². The molecule has 0 rings (SSSR count). The van der Waals surface area contributed by atoms with E-state index >= 15 is 0 Å². The summed E-state index contributed by atoms with van der Waals surface area (Å²) in [6, 6.07) is 0. The lowest BCUT2D eigenvalue weighted by molar-refractivity contribution is 0.178. The number of carbonyl (C=O) groups is 1. The fourth-order valence-corrected chi connectivity index (χ4v) is 0.719. The van der Waals surface area contributed by atoms with E-state index in [0.29, 0.717) is 6.61 Å². The van der Waals surface area contributed by atoms with Crippen molar-refractivity contribution in [3.8, 4) is 0 Å². The second-order valence-corrected chi connectivity index (χ2v) is 5.12. The van der Waals surface area contributed by atoms with Gasteiger partial charge in [0.15, 0.2) is 7.14 Å². The zero-order valence-corrected chi connectivity index (χ0v) is 6.77. The van der Waals surface area contributed by atoms with Gasteiger partial charge in [-0.05, 0) is 20.3 Å². The standard InChI is InChI=1S/C5H11O3P/c1-4-8-5(6)9(2,3)7/h4H2,1-3H3. The Morgan fingerprint density at radius 3 is 2.11 bits per heavy atom. The average molecular weight is 150 g/mol. The molecule has 0 heterocycles. The molecule has 3 nitrogen and oxygen atoms in total. The summed E-state index contributed by atoms with van der Waals surface area (Å²) in [5.41, 5.74) is -0.579. The molecule has 4 heteroatoms. The zero-order valence-electron chi connectivity index (χ0n) is 5.88. The summed E-state index contributed by atoms with van der Waals surface area (Å²) < 4.78 is 15.3. The van der Waals surface area contributed by atoms with Crippen LogP contribution >= 0.6 is 7.14 Å². The zero-order chi connectivity index (χ0) is 7.49.